The lowest BCUT2D eigenvalue weighted by Gasteiger charge is -2.47. The Morgan fingerprint density at radius 2 is 1.50 bits per heavy atom. The zero-order valence-electron chi connectivity index (χ0n) is 12.9. The van der Waals surface area contributed by atoms with E-state index in [1.165, 1.54) is 32.1 Å². The van der Waals surface area contributed by atoms with Gasteiger partial charge in [-0.25, -0.2) is 0 Å². The Bertz CT molecular complexity index is 356. The Labute approximate surface area is 122 Å². The molecule has 3 rings (SSSR count). The number of piperidine rings is 1. The van der Waals surface area contributed by atoms with Gasteiger partial charge in [0.15, 0.2) is 0 Å². The smallest absolute Gasteiger partial charge is 0.303 e. The molecule has 1 N–H and O–H groups in total. The van der Waals surface area contributed by atoms with Crippen molar-refractivity contribution in [2.24, 2.45) is 17.8 Å². The molecule has 2 bridgehead atoms. The maximum atomic E-state index is 10.9. The zero-order chi connectivity index (χ0) is 14.3. The number of carboxylic acid groups (broad SMARTS) is 1. The van der Waals surface area contributed by atoms with E-state index in [4.69, 9.17) is 5.11 Å². The van der Waals surface area contributed by atoms with Gasteiger partial charge in [0.25, 0.3) is 0 Å². The Balaban J connectivity index is 1.63. The second-order valence-corrected chi connectivity index (χ2v) is 7.69. The number of nitrogens with zero attached hydrogens (tertiary/aromatic N) is 1. The second kappa shape index (κ2) is 5.67. The van der Waals surface area contributed by atoms with Crippen LogP contribution in [0.4, 0.5) is 0 Å². The molecule has 1 saturated carbocycles. The highest BCUT2D eigenvalue weighted by molar-refractivity contribution is 5.67. The van der Waals surface area contributed by atoms with Crippen LogP contribution in [0.3, 0.4) is 0 Å². The highest BCUT2D eigenvalue weighted by Gasteiger charge is 2.45. The second-order valence-electron chi connectivity index (χ2n) is 7.69. The van der Waals surface area contributed by atoms with Crippen molar-refractivity contribution in [2.45, 2.75) is 83.3 Å². The van der Waals surface area contributed by atoms with Crippen LogP contribution < -0.4 is 0 Å². The molecule has 0 aromatic heterocycles. The molecular weight excluding hydrogens is 250 g/mol. The number of carbonyl (C=O) groups is 1. The normalized spacial score (nSPS) is 45.5. The lowest BCUT2D eigenvalue weighted by Crippen LogP contribution is -2.51. The highest BCUT2D eigenvalue weighted by Crippen LogP contribution is 2.44. The van der Waals surface area contributed by atoms with Crippen molar-refractivity contribution in [1.82, 2.24) is 4.90 Å². The van der Waals surface area contributed by atoms with E-state index in [1.807, 2.05) is 0 Å². The fraction of sp³-hybridized carbons (Fsp3) is 0.941. The summed E-state index contributed by atoms with van der Waals surface area (Å²) in [5, 5.41) is 9.02. The first-order valence-electron chi connectivity index (χ1n) is 8.53. The first-order valence-corrected chi connectivity index (χ1v) is 8.53. The molecule has 20 heavy (non-hydrogen) atoms. The molecule has 1 aliphatic carbocycles. The van der Waals surface area contributed by atoms with E-state index in [0.29, 0.717) is 24.4 Å². The van der Waals surface area contributed by atoms with Gasteiger partial charge in [0.2, 0.25) is 0 Å². The predicted octanol–water partition coefficient (Wildman–Crippen LogP) is 3.53. The van der Waals surface area contributed by atoms with Gasteiger partial charge >= 0.3 is 5.97 Å². The van der Waals surface area contributed by atoms with Crippen LogP contribution in [0.25, 0.3) is 0 Å². The van der Waals surface area contributed by atoms with Gasteiger partial charge in [-0.3, -0.25) is 9.69 Å². The highest BCUT2D eigenvalue weighted by atomic mass is 16.4. The van der Waals surface area contributed by atoms with E-state index in [-0.39, 0.29) is 0 Å². The van der Waals surface area contributed by atoms with E-state index in [0.717, 1.165) is 30.7 Å². The zero-order valence-corrected chi connectivity index (χ0v) is 12.9. The fourth-order valence-electron chi connectivity index (χ4n) is 5.13. The minimum absolute atomic E-state index is 0.388. The Kier molecular flexibility index (Phi) is 4.07. The van der Waals surface area contributed by atoms with E-state index < -0.39 is 5.97 Å². The summed E-state index contributed by atoms with van der Waals surface area (Å²) in [7, 11) is 0. The molecular formula is C17H29NO2. The fourth-order valence-corrected chi connectivity index (χ4v) is 5.13. The van der Waals surface area contributed by atoms with Crippen molar-refractivity contribution < 1.29 is 9.90 Å². The summed E-state index contributed by atoms with van der Waals surface area (Å²) in [5.41, 5.74) is 0. The molecule has 2 heterocycles. The van der Waals surface area contributed by atoms with Crippen molar-refractivity contribution in [2.75, 3.05) is 0 Å². The molecule has 5 unspecified atom stereocenters. The summed E-state index contributed by atoms with van der Waals surface area (Å²) < 4.78 is 0. The van der Waals surface area contributed by atoms with E-state index >= 15 is 0 Å². The number of hydrogen-bond acceptors (Lipinski definition) is 2. The monoisotopic (exact) mass is 279 g/mol. The average molecular weight is 279 g/mol. The molecule has 2 saturated heterocycles. The number of aliphatic carboxylic acids is 1. The molecule has 0 spiro atoms. The third kappa shape index (κ3) is 2.74. The van der Waals surface area contributed by atoms with Gasteiger partial charge in [-0.2, -0.15) is 0 Å². The van der Waals surface area contributed by atoms with Crippen LogP contribution in [0.5, 0.6) is 0 Å². The molecule has 3 heteroatoms. The van der Waals surface area contributed by atoms with Crippen molar-refractivity contribution in [3.63, 3.8) is 0 Å². The third-order valence-electron chi connectivity index (χ3n) is 6.34. The Morgan fingerprint density at radius 1 is 0.950 bits per heavy atom. The molecule has 2 aliphatic heterocycles. The van der Waals surface area contributed by atoms with Crippen LogP contribution in [0, 0.1) is 17.8 Å². The van der Waals surface area contributed by atoms with Gasteiger partial charge in [0.1, 0.15) is 0 Å². The van der Waals surface area contributed by atoms with Crippen molar-refractivity contribution in [3.05, 3.63) is 0 Å². The summed E-state index contributed by atoms with van der Waals surface area (Å²) in [6.45, 7) is 4.81. The lowest BCUT2D eigenvalue weighted by atomic mass is 9.77. The van der Waals surface area contributed by atoms with Crippen LogP contribution in [0.2, 0.25) is 0 Å². The molecule has 0 aromatic carbocycles. The van der Waals surface area contributed by atoms with Gasteiger partial charge in [0.05, 0.1) is 0 Å². The standard InChI is InChI=1S/C17H29NO2/c1-11-3-4-14(7-12(11)2)18-15-5-6-16(18)9-13(8-15)10-17(19)20/h11-16H,3-10H2,1-2H3,(H,19,20). The van der Waals surface area contributed by atoms with Crippen LogP contribution >= 0.6 is 0 Å². The Hall–Kier alpha value is -0.570. The van der Waals surface area contributed by atoms with Crippen LogP contribution in [-0.2, 0) is 4.79 Å². The Morgan fingerprint density at radius 3 is 2.05 bits per heavy atom. The maximum absolute atomic E-state index is 10.9. The van der Waals surface area contributed by atoms with Crippen molar-refractivity contribution in [1.29, 1.82) is 0 Å². The van der Waals surface area contributed by atoms with Gasteiger partial charge in [-0.1, -0.05) is 13.8 Å². The minimum atomic E-state index is -0.608. The molecule has 0 amide bonds. The van der Waals surface area contributed by atoms with Gasteiger partial charge in [-0.15, -0.1) is 0 Å². The molecule has 3 aliphatic rings. The lowest BCUT2D eigenvalue weighted by molar-refractivity contribution is -0.138. The first-order chi connectivity index (χ1) is 9.54. The van der Waals surface area contributed by atoms with E-state index in [2.05, 4.69) is 18.7 Å². The number of carboxylic acids is 1. The average Bonchev–Trinajstić information content (AvgIpc) is 2.64. The van der Waals surface area contributed by atoms with Crippen LogP contribution in [0.15, 0.2) is 0 Å². The summed E-state index contributed by atoms with van der Waals surface area (Å²) in [6, 6.07) is 2.15. The van der Waals surface area contributed by atoms with Gasteiger partial charge in [-0.05, 0) is 62.7 Å². The number of hydrogen-bond donors (Lipinski definition) is 1. The summed E-state index contributed by atoms with van der Waals surface area (Å²) in [5.74, 6) is 1.56. The molecule has 3 nitrogen and oxygen atoms in total. The molecule has 0 radical (unpaired) electrons. The SMILES string of the molecule is CC1CCC(N2C3CCC2CC(CC(=O)O)C3)CC1C. The summed E-state index contributed by atoms with van der Waals surface area (Å²) in [6.07, 6.45) is 9.36. The van der Waals surface area contributed by atoms with Gasteiger partial charge in [0, 0.05) is 24.5 Å². The molecule has 3 fully saturated rings. The van der Waals surface area contributed by atoms with Crippen molar-refractivity contribution >= 4 is 5.97 Å². The van der Waals surface area contributed by atoms with Crippen molar-refractivity contribution in [3.8, 4) is 0 Å². The molecule has 0 aromatic rings. The largest absolute Gasteiger partial charge is 0.481 e. The molecule has 5 atom stereocenters. The van der Waals surface area contributed by atoms with E-state index in [9.17, 15) is 4.79 Å². The van der Waals surface area contributed by atoms with Crippen LogP contribution in [-0.4, -0.2) is 34.1 Å². The summed E-state index contributed by atoms with van der Waals surface area (Å²) in [4.78, 5) is 13.8. The number of rotatable bonds is 3. The van der Waals surface area contributed by atoms with Gasteiger partial charge < -0.3 is 5.11 Å². The summed E-state index contributed by atoms with van der Waals surface area (Å²) >= 11 is 0. The minimum Gasteiger partial charge on any atom is -0.481 e. The third-order valence-corrected chi connectivity index (χ3v) is 6.34. The van der Waals surface area contributed by atoms with Crippen LogP contribution in [0.1, 0.15) is 65.2 Å². The van der Waals surface area contributed by atoms with E-state index in [1.54, 1.807) is 0 Å². The predicted molar refractivity (Wildman–Crippen MR) is 79.6 cm³/mol. The topological polar surface area (TPSA) is 40.5 Å². The maximum Gasteiger partial charge on any atom is 0.303 e. The number of fused-ring (bicyclic) bond motifs is 2. The molecule has 114 valence electrons. The first kappa shape index (κ1) is 14.4. The quantitative estimate of drug-likeness (QED) is 0.859.